The minimum Gasteiger partial charge on any atom is -0.379 e. The molecule has 35 heavy (non-hydrogen) atoms. The first-order valence-corrected chi connectivity index (χ1v) is 11.4. The molecule has 4 N–H and O–H groups in total. The van der Waals surface area contributed by atoms with Crippen molar-refractivity contribution in [2.24, 2.45) is 0 Å². The first kappa shape index (κ1) is 21.1. The van der Waals surface area contributed by atoms with Gasteiger partial charge in [0.15, 0.2) is 5.82 Å². The van der Waals surface area contributed by atoms with E-state index in [1.54, 1.807) is 12.4 Å². The topological polar surface area (TPSA) is 121 Å². The van der Waals surface area contributed by atoms with Crippen molar-refractivity contribution in [1.29, 1.82) is 0 Å². The highest BCUT2D eigenvalue weighted by Crippen LogP contribution is 2.25. The van der Waals surface area contributed by atoms with E-state index in [1.165, 1.54) is 0 Å². The van der Waals surface area contributed by atoms with Crippen molar-refractivity contribution in [3.63, 3.8) is 0 Å². The van der Waals surface area contributed by atoms with Gasteiger partial charge in [-0.05, 0) is 42.3 Å². The van der Waals surface area contributed by atoms with Crippen molar-refractivity contribution >= 4 is 28.3 Å². The van der Waals surface area contributed by atoms with Crippen LogP contribution in [0.4, 0.5) is 11.5 Å². The predicted molar refractivity (Wildman–Crippen MR) is 133 cm³/mol. The molecule has 4 heterocycles. The number of nitrogens with one attached hydrogen (secondary N) is 4. The zero-order valence-electron chi connectivity index (χ0n) is 18.8. The van der Waals surface area contributed by atoms with Gasteiger partial charge in [-0.25, -0.2) is 9.97 Å². The van der Waals surface area contributed by atoms with Gasteiger partial charge in [-0.15, -0.1) is 0 Å². The van der Waals surface area contributed by atoms with Crippen LogP contribution in [0, 0.1) is 0 Å². The maximum Gasteiger partial charge on any atom is 0.268 e. The molecule has 3 aromatic heterocycles. The van der Waals surface area contributed by atoms with Crippen molar-refractivity contribution in [3.05, 3.63) is 78.9 Å². The van der Waals surface area contributed by atoms with E-state index in [0.717, 1.165) is 39.7 Å². The molecule has 2 aromatic carbocycles. The minimum atomic E-state index is -0.125. The van der Waals surface area contributed by atoms with Gasteiger partial charge >= 0.3 is 0 Å². The highest BCUT2D eigenvalue weighted by Gasteiger charge is 2.19. The zero-order valence-corrected chi connectivity index (χ0v) is 18.8. The number of benzene rings is 2. The predicted octanol–water partition coefficient (Wildman–Crippen LogP) is 4.28. The van der Waals surface area contributed by atoms with E-state index in [2.05, 4.69) is 35.8 Å². The number of carbonyl (C=O) groups excluding carboxylic acids is 1. The Morgan fingerprint density at radius 2 is 1.91 bits per heavy atom. The molecule has 1 aliphatic heterocycles. The summed E-state index contributed by atoms with van der Waals surface area (Å²) in [6, 6.07) is 17.7. The molecule has 6 rings (SSSR count). The van der Waals surface area contributed by atoms with Gasteiger partial charge in [-0.2, -0.15) is 5.10 Å². The second kappa shape index (κ2) is 9.03. The number of hydrogen-bond acceptors (Lipinski definition) is 6. The molecular weight excluding hydrogens is 442 g/mol. The SMILES string of the molecule is O=C(NC1CCOC1)c1cc2ccc(-c3nccc(Nc4ccc(-c5cn[nH]c5)cc4)n3)cc2[nH]1. The van der Waals surface area contributed by atoms with E-state index >= 15 is 0 Å². The van der Waals surface area contributed by atoms with E-state index in [4.69, 9.17) is 4.74 Å². The van der Waals surface area contributed by atoms with Gasteiger partial charge in [-0.1, -0.05) is 24.3 Å². The number of fused-ring (bicyclic) bond motifs is 1. The summed E-state index contributed by atoms with van der Waals surface area (Å²) in [5, 5.41) is 14.1. The highest BCUT2D eigenvalue weighted by atomic mass is 16.5. The number of rotatable bonds is 6. The Hall–Kier alpha value is -4.50. The van der Waals surface area contributed by atoms with Crippen LogP contribution in [0.2, 0.25) is 0 Å². The van der Waals surface area contributed by atoms with Crippen LogP contribution in [0.25, 0.3) is 33.4 Å². The van der Waals surface area contributed by atoms with Crippen LogP contribution in [-0.4, -0.2) is 50.3 Å². The lowest BCUT2D eigenvalue weighted by Crippen LogP contribution is -2.35. The Morgan fingerprint density at radius 3 is 2.71 bits per heavy atom. The first-order chi connectivity index (χ1) is 17.2. The third kappa shape index (κ3) is 4.49. The number of nitrogens with zero attached hydrogens (tertiary/aromatic N) is 3. The molecule has 0 radical (unpaired) electrons. The van der Waals surface area contributed by atoms with Crippen molar-refractivity contribution in [2.75, 3.05) is 18.5 Å². The second-order valence-electron chi connectivity index (χ2n) is 8.47. The van der Waals surface area contributed by atoms with Crippen molar-refractivity contribution in [1.82, 2.24) is 30.5 Å². The van der Waals surface area contributed by atoms with Gasteiger partial charge < -0.3 is 20.4 Å². The summed E-state index contributed by atoms with van der Waals surface area (Å²) >= 11 is 0. The molecule has 1 atom stereocenters. The van der Waals surface area contributed by atoms with Gasteiger partial charge in [0.1, 0.15) is 11.5 Å². The zero-order chi connectivity index (χ0) is 23.6. The van der Waals surface area contributed by atoms with Crippen LogP contribution < -0.4 is 10.6 Å². The van der Waals surface area contributed by atoms with Crippen LogP contribution in [0.3, 0.4) is 0 Å². The molecule has 1 fully saturated rings. The van der Waals surface area contributed by atoms with E-state index in [0.29, 0.717) is 30.5 Å². The van der Waals surface area contributed by atoms with E-state index in [-0.39, 0.29) is 11.9 Å². The monoisotopic (exact) mass is 465 g/mol. The quantitative estimate of drug-likeness (QED) is 0.297. The molecule has 0 bridgehead atoms. The molecule has 0 spiro atoms. The molecule has 0 saturated carbocycles. The number of amides is 1. The van der Waals surface area contributed by atoms with Gasteiger partial charge in [0, 0.05) is 46.7 Å². The molecule has 0 aliphatic carbocycles. The number of anilines is 2. The number of aromatic nitrogens is 5. The van der Waals surface area contributed by atoms with Crippen LogP contribution >= 0.6 is 0 Å². The summed E-state index contributed by atoms with van der Waals surface area (Å²) in [6.07, 6.45) is 6.22. The summed E-state index contributed by atoms with van der Waals surface area (Å²) < 4.78 is 5.34. The molecule has 1 aliphatic rings. The van der Waals surface area contributed by atoms with E-state index < -0.39 is 0 Å². The van der Waals surface area contributed by atoms with Crippen LogP contribution in [0.15, 0.2) is 73.2 Å². The fourth-order valence-corrected chi connectivity index (χ4v) is 4.17. The summed E-state index contributed by atoms with van der Waals surface area (Å²) in [4.78, 5) is 24.9. The summed E-state index contributed by atoms with van der Waals surface area (Å²) in [7, 11) is 0. The highest BCUT2D eigenvalue weighted by molar-refractivity contribution is 5.98. The smallest absolute Gasteiger partial charge is 0.268 e. The summed E-state index contributed by atoms with van der Waals surface area (Å²) in [5.74, 6) is 1.16. The summed E-state index contributed by atoms with van der Waals surface area (Å²) in [6.45, 7) is 1.25. The number of carbonyl (C=O) groups is 1. The Labute approximate surface area is 201 Å². The average Bonchev–Trinajstić information content (AvgIpc) is 3.66. The van der Waals surface area contributed by atoms with Crippen molar-refractivity contribution < 1.29 is 9.53 Å². The van der Waals surface area contributed by atoms with Crippen LogP contribution in [0.5, 0.6) is 0 Å². The Kier molecular flexibility index (Phi) is 5.44. The number of ether oxygens (including phenoxy) is 1. The fourth-order valence-electron chi connectivity index (χ4n) is 4.17. The maximum atomic E-state index is 12.6. The molecule has 174 valence electrons. The normalized spacial score (nSPS) is 15.4. The Morgan fingerprint density at radius 1 is 1.03 bits per heavy atom. The number of H-pyrrole nitrogens is 2. The third-order valence-corrected chi connectivity index (χ3v) is 6.03. The maximum absolute atomic E-state index is 12.6. The van der Waals surface area contributed by atoms with Crippen molar-refractivity contribution in [3.8, 4) is 22.5 Å². The van der Waals surface area contributed by atoms with Crippen LogP contribution in [-0.2, 0) is 4.74 Å². The van der Waals surface area contributed by atoms with E-state index in [9.17, 15) is 4.79 Å². The molecule has 1 saturated heterocycles. The molecular formula is C26H23N7O2. The van der Waals surface area contributed by atoms with Gasteiger partial charge in [0.25, 0.3) is 5.91 Å². The molecule has 5 aromatic rings. The average molecular weight is 466 g/mol. The summed E-state index contributed by atoms with van der Waals surface area (Å²) in [5.41, 5.74) is 5.27. The Bertz CT molecular complexity index is 1470. The standard InChI is InChI=1S/C26H23N7O2/c34-26(31-21-8-10-35-15-21)23-11-17-1-2-18(12-22(17)32-23)25-27-9-7-24(33-25)30-20-5-3-16(4-6-20)19-13-28-29-14-19/h1-7,9,11-14,21,32H,8,10,15H2,(H,28,29)(H,31,34)(H,27,30,33). The van der Waals surface area contributed by atoms with Gasteiger partial charge in [0.05, 0.1) is 18.8 Å². The first-order valence-electron chi connectivity index (χ1n) is 11.4. The molecule has 1 unspecified atom stereocenters. The molecule has 9 nitrogen and oxygen atoms in total. The lowest BCUT2D eigenvalue weighted by atomic mass is 10.1. The molecule has 1 amide bonds. The van der Waals surface area contributed by atoms with E-state index in [1.807, 2.05) is 60.8 Å². The minimum absolute atomic E-state index is 0.0648. The Balaban J connectivity index is 1.20. The third-order valence-electron chi connectivity index (χ3n) is 6.03. The second-order valence-corrected chi connectivity index (χ2v) is 8.47. The number of aromatic amines is 2. The lowest BCUT2D eigenvalue weighted by molar-refractivity contribution is 0.0925. The van der Waals surface area contributed by atoms with Gasteiger partial charge in [-0.3, -0.25) is 9.89 Å². The number of hydrogen-bond donors (Lipinski definition) is 4. The van der Waals surface area contributed by atoms with Crippen LogP contribution in [0.1, 0.15) is 16.9 Å². The fraction of sp³-hybridized carbons (Fsp3) is 0.154. The van der Waals surface area contributed by atoms with Gasteiger partial charge in [0.2, 0.25) is 0 Å². The lowest BCUT2D eigenvalue weighted by Gasteiger charge is -2.08. The van der Waals surface area contributed by atoms with Crippen molar-refractivity contribution in [2.45, 2.75) is 12.5 Å². The largest absolute Gasteiger partial charge is 0.379 e. The molecule has 9 heteroatoms.